The summed E-state index contributed by atoms with van der Waals surface area (Å²) in [5, 5.41) is 3.97. The molecule has 1 aromatic carbocycles. The first kappa shape index (κ1) is 17.3. The van der Waals surface area contributed by atoms with Crippen molar-refractivity contribution in [2.24, 2.45) is 0 Å². The van der Waals surface area contributed by atoms with Crippen molar-refractivity contribution >= 4 is 21.4 Å². The molecular weight excluding hydrogens is 298 g/mol. The molecule has 0 amide bonds. The third kappa shape index (κ3) is 7.12. The molecule has 0 saturated heterocycles. The lowest BCUT2D eigenvalue weighted by molar-refractivity contribution is 0.313. The van der Waals surface area contributed by atoms with E-state index in [9.17, 15) is 8.42 Å². The lowest BCUT2D eigenvalue weighted by Gasteiger charge is -2.12. The van der Waals surface area contributed by atoms with Crippen LogP contribution >= 0.6 is 11.6 Å². The number of halogens is 1. The Bertz CT molecular complexity index is 517. The Hall–Kier alpha value is -0.780. The highest BCUT2D eigenvalue weighted by Gasteiger charge is 2.06. The van der Waals surface area contributed by atoms with Gasteiger partial charge < -0.3 is 10.1 Å². The standard InChI is InChI=1S/C14H22ClNO3S/c1-3-7-16-11-12-10-13(15)5-6-14(12)19-8-4-9-20(2,17)18/h5-6,10,16H,3-4,7-9,11H2,1-2H3. The van der Waals surface area contributed by atoms with Crippen molar-refractivity contribution in [2.45, 2.75) is 26.3 Å². The van der Waals surface area contributed by atoms with Gasteiger partial charge in [-0.25, -0.2) is 8.42 Å². The van der Waals surface area contributed by atoms with Crippen LogP contribution in [-0.4, -0.2) is 33.6 Å². The van der Waals surface area contributed by atoms with Crippen LogP contribution in [0.5, 0.6) is 5.75 Å². The summed E-state index contributed by atoms with van der Waals surface area (Å²) in [6, 6.07) is 5.47. The highest BCUT2D eigenvalue weighted by molar-refractivity contribution is 7.90. The van der Waals surface area contributed by atoms with Crippen LogP contribution in [-0.2, 0) is 16.4 Å². The van der Waals surface area contributed by atoms with Gasteiger partial charge in [0.2, 0.25) is 0 Å². The quantitative estimate of drug-likeness (QED) is 0.711. The average Bonchev–Trinajstić information content (AvgIpc) is 2.36. The number of rotatable bonds is 9. The predicted molar refractivity (Wildman–Crippen MR) is 83.3 cm³/mol. The number of nitrogens with one attached hydrogen (secondary N) is 1. The first-order chi connectivity index (χ1) is 9.42. The summed E-state index contributed by atoms with van der Waals surface area (Å²) in [7, 11) is -2.93. The van der Waals surface area contributed by atoms with Crippen LogP contribution in [0.3, 0.4) is 0 Å². The number of ether oxygens (including phenoxy) is 1. The van der Waals surface area contributed by atoms with Gasteiger partial charge in [0.1, 0.15) is 15.6 Å². The maximum absolute atomic E-state index is 11.0. The Balaban J connectivity index is 2.55. The van der Waals surface area contributed by atoms with Crippen LogP contribution in [0.4, 0.5) is 0 Å². The molecule has 0 saturated carbocycles. The van der Waals surface area contributed by atoms with E-state index in [0.717, 1.165) is 24.3 Å². The summed E-state index contributed by atoms with van der Waals surface area (Å²) in [4.78, 5) is 0. The third-order valence-corrected chi connectivity index (χ3v) is 3.95. The average molecular weight is 320 g/mol. The van der Waals surface area contributed by atoms with Gasteiger partial charge in [0.15, 0.2) is 0 Å². The molecular formula is C14H22ClNO3S. The van der Waals surface area contributed by atoms with E-state index in [2.05, 4.69) is 12.2 Å². The molecule has 0 unspecified atom stereocenters. The van der Waals surface area contributed by atoms with Gasteiger partial charge in [0.25, 0.3) is 0 Å². The smallest absolute Gasteiger partial charge is 0.147 e. The first-order valence-electron chi connectivity index (χ1n) is 6.72. The number of hydrogen-bond donors (Lipinski definition) is 1. The zero-order valence-corrected chi connectivity index (χ0v) is 13.6. The van der Waals surface area contributed by atoms with Crippen molar-refractivity contribution in [1.29, 1.82) is 0 Å². The predicted octanol–water partition coefficient (Wildman–Crippen LogP) is 2.65. The largest absolute Gasteiger partial charge is 0.493 e. The fraction of sp³-hybridized carbons (Fsp3) is 0.571. The van der Waals surface area contributed by atoms with Crippen molar-refractivity contribution in [2.75, 3.05) is 25.2 Å². The fourth-order valence-corrected chi connectivity index (χ4v) is 2.57. The van der Waals surface area contributed by atoms with Gasteiger partial charge in [-0.2, -0.15) is 0 Å². The van der Waals surface area contributed by atoms with Gasteiger partial charge in [-0.1, -0.05) is 18.5 Å². The lowest BCUT2D eigenvalue weighted by Crippen LogP contribution is -2.15. The monoisotopic (exact) mass is 319 g/mol. The summed E-state index contributed by atoms with van der Waals surface area (Å²) < 4.78 is 27.7. The summed E-state index contributed by atoms with van der Waals surface area (Å²) in [6.07, 6.45) is 2.78. The Morgan fingerprint density at radius 1 is 1.35 bits per heavy atom. The van der Waals surface area contributed by atoms with Crippen molar-refractivity contribution in [3.63, 3.8) is 0 Å². The Morgan fingerprint density at radius 2 is 2.10 bits per heavy atom. The van der Waals surface area contributed by atoms with Crippen LogP contribution < -0.4 is 10.1 Å². The van der Waals surface area contributed by atoms with Crippen molar-refractivity contribution in [3.8, 4) is 5.75 Å². The van der Waals surface area contributed by atoms with Gasteiger partial charge in [0.05, 0.1) is 12.4 Å². The molecule has 0 aliphatic heterocycles. The molecule has 0 heterocycles. The molecule has 114 valence electrons. The molecule has 0 bridgehead atoms. The van der Waals surface area contributed by atoms with E-state index in [1.54, 1.807) is 6.07 Å². The molecule has 0 fully saturated rings. The van der Waals surface area contributed by atoms with Crippen molar-refractivity contribution < 1.29 is 13.2 Å². The molecule has 0 aliphatic rings. The van der Waals surface area contributed by atoms with Gasteiger partial charge in [-0.05, 0) is 37.6 Å². The van der Waals surface area contributed by atoms with E-state index in [4.69, 9.17) is 16.3 Å². The lowest BCUT2D eigenvalue weighted by atomic mass is 10.2. The molecule has 0 spiro atoms. The number of hydrogen-bond acceptors (Lipinski definition) is 4. The minimum Gasteiger partial charge on any atom is -0.493 e. The van der Waals surface area contributed by atoms with E-state index in [-0.39, 0.29) is 5.75 Å². The van der Waals surface area contributed by atoms with Crippen LogP contribution in [0.1, 0.15) is 25.3 Å². The molecule has 0 radical (unpaired) electrons. The second-order valence-electron chi connectivity index (χ2n) is 4.76. The molecule has 1 aromatic rings. The fourth-order valence-electron chi connectivity index (χ4n) is 1.73. The van der Waals surface area contributed by atoms with Gasteiger partial charge in [-0.3, -0.25) is 0 Å². The summed E-state index contributed by atoms with van der Waals surface area (Å²) >= 11 is 5.99. The molecule has 0 atom stereocenters. The Morgan fingerprint density at radius 3 is 2.75 bits per heavy atom. The summed E-state index contributed by atoms with van der Waals surface area (Å²) in [6.45, 7) is 4.11. The molecule has 1 N–H and O–H groups in total. The number of sulfone groups is 1. The van der Waals surface area contributed by atoms with Crippen LogP contribution in [0, 0.1) is 0 Å². The zero-order chi connectivity index (χ0) is 15.0. The molecule has 1 rings (SSSR count). The highest BCUT2D eigenvalue weighted by Crippen LogP contribution is 2.23. The molecule has 6 heteroatoms. The second kappa shape index (κ2) is 8.49. The maximum atomic E-state index is 11.0. The van der Waals surface area contributed by atoms with Crippen molar-refractivity contribution in [1.82, 2.24) is 5.32 Å². The van der Waals surface area contributed by atoms with E-state index < -0.39 is 9.84 Å². The van der Waals surface area contributed by atoms with Crippen LogP contribution in [0.25, 0.3) is 0 Å². The Labute approximate surface area is 126 Å². The third-order valence-electron chi connectivity index (χ3n) is 2.68. The minimum absolute atomic E-state index is 0.143. The Kier molecular flexibility index (Phi) is 7.34. The summed E-state index contributed by atoms with van der Waals surface area (Å²) in [5.41, 5.74) is 0.991. The number of benzene rings is 1. The molecule has 20 heavy (non-hydrogen) atoms. The van der Waals surface area contributed by atoms with E-state index in [1.807, 2.05) is 12.1 Å². The second-order valence-corrected chi connectivity index (χ2v) is 7.46. The molecule has 0 aromatic heterocycles. The van der Waals surface area contributed by atoms with E-state index in [1.165, 1.54) is 6.26 Å². The SMILES string of the molecule is CCCNCc1cc(Cl)ccc1OCCCS(C)(=O)=O. The van der Waals surface area contributed by atoms with E-state index >= 15 is 0 Å². The van der Waals surface area contributed by atoms with Crippen LogP contribution in [0.15, 0.2) is 18.2 Å². The molecule has 0 aliphatic carbocycles. The molecule has 4 nitrogen and oxygen atoms in total. The highest BCUT2D eigenvalue weighted by atomic mass is 35.5. The van der Waals surface area contributed by atoms with Crippen molar-refractivity contribution in [3.05, 3.63) is 28.8 Å². The first-order valence-corrected chi connectivity index (χ1v) is 9.16. The van der Waals surface area contributed by atoms with Gasteiger partial charge in [-0.15, -0.1) is 0 Å². The van der Waals surface area contributed by atoms with Crippen LogP contribution in [0.2, 0.25) is 5.02 Å². The minimum atomic E-state index is -2.93. The normalized spacial score (nSPS) is 11.6. The van der Waals surface area contributed by atoms with Gasteiger partial charge in [0, 0.05) is 23.4 Å². The van der Waals surface area contributed by atoms with E-state index in [0.29, 0.717) is 24.6 Å². The zero-order valence-electron chi connectivity index (χ0n) is 12.0. The van der Waals surface area contributed by atoms with Gasteiger partial charge >= 0.3 is 0 Å². The summed E-state index contributed by atoms with van der Waals surface area (Å²) in [5.74, 6) is 0.899. The topological polar surface area (TPSA) is 55.4 Å². The maximum Gasteiger partial charge on any atom is 0.147 e.